The molecule has 5 aromatic rings. The lowest BCUT2D eigenvalue weighted by Crippen LogP contribution is -2.27. The largest absolute Gasteiger partial charge is 0.308 e. The maximum Gasteiger partial charge on any atom is 0.216 e. The Balaban J connectivity index is 1.69. The Morgan fingerprint density at radius 1 is 0.973 bits per heavy atom. The Morgan fingerprint density at radius 3 is 2.32 bits per heavy atom. The summed E-state index contributed by atoms with van der Waals surface area (Å²) in [7, 11) is 0. The number of carbonyl (C=O) groups excluding carboxylic acids is 1. The van der Waals surface area contributed by atoms with E-state index < -0.39 is 0 Å². The molecule has 3 aromatic carbocycles. The number of rotatable bonds is 9. The van der Waals surface area contributed by atoms with Gasteiger partial charge in [0.05, 0.1) is 11.0 Å². The molecule has 0 radical (unpaired) electrons. The molecule has 0 amide bonds. The predicted molar refractivity (Wildman–Crippen MR) is 149 cm³/mol. The van der Waals surface area contributed by atoms with Gasteiger partial charge in [-0.25, -0.2) is 9.37 Å². The SMILES string of the molecule is CCN(CC)CCn1c2ccccc2n2c(C(=O)C=Cc3ccc(F)cc3)c(-c3ccc(Cl)cc3)nc12. The number of para-hydroxylation sites is 2. The maximum absolute atomic E-state index is 13.8. The number of nitrogens with zero attached hydrogens (tertiary/aromatic N) is 4. The first-order chi connectivity index (χ1) is 18.0. The molecular weight excluding hydrogens is 487 g/mol. The van der Waals surface area contributed by atoms with Crippen LogP contribution in [0.4, 0.5) is 4.39 Å². The summed E-state index contributed by atoms with van der Waals surface area (Å²) in [5, 5.41) is 0.616. The molecule has 0 unspecified atom stereocenters. The van der Waals surface area contributed by atoms with Crippen LogP contribution >= 0.6 is 11.6 Å². The standard InChI is InChI=1S/C30H28ClFN4O/c1-3-34(4-2)19-20-35-25-7-5-6-8-26(25)36-29(27(37)18-11-21-9-16-24(32)17-10-21)28(33-30(35)36)22-12-14-23(31)15-13-22/h5-18H,3-4,19-20H2,1-2H3. The van der Waals surface area contributed by atoms with Crippen LogP contribution in [-0.2, 0) is 6.54 Å². The molecule has 0 aliphatic rings. The molecule has 0 saturated heterocycles. The molecule has 0 N–H and O–H groups in total. The van der Waals surface area contributed by atoms with E-state index >= 15 is 0 Å². The van der Waals surface area contributed by atoms with Gasteiger partial charge in [0.1, 0.15) is 17.2 Å². The maximum atomic E-state index is 13.8. The zero-order chi connectivity index (χ0) is 25.9. The Labute approximate surface area is 220 Å². The summed E-state index contributed by atoms with van der Waals surface area (Å²) in [5.41, 5.74) is 4.58. The van der Waals surface area contributed by atoms with Crippen molar-refractivity contribution < 1.29 is 9.18 Å². The Bertz CT molecular complexity index is 1580. The van der Waals surface area contributed by atoms with Gasteiger partial charge in [-0.1, -0.05) is 67.9 Å². The van der Waals surface area contributed by atoms with Gasteiger partial charge >= 0.3 is 0 Å². The first-order valence-electron chi connectivity index (χ1n) is 12.5. The predicted octanol–water partition coefficient (Wildman–Crippen LogP) is 6.99. The molecule has 2 aromatic heterocycles. The van der Waals surface area contributed by atoms with E-state index in [1.165, 1.54) is 18.2 Å². The third kappa shape index (κ3) is 4.95. The topological polar surface area (TPSA) is 42.5 Å². The molecule has 188 valence electrons. The summed E-state index contributed by atoms with van der Waals surface area (Å²) < 4.78 is 17.5. The number of allylic oxidation sites excluding steroid dienone is 1. The lowest BCUT2D eigenvalue weighted by Gasteiger charge is -2.18. The first kappa shape index (κ1) is 24.9. The smallest absolute Gasteiger partial charge is 0.216 e. The Morgan fingerprint density at radius 2 is 1.65 bits per heavy atom. The van der Waals surface area contributed by atoms with Crippen LogP contribution in [0.2, 0.25) is 5.02 Å². The monoisotopic (exact) mass is 514 g/mol. The van der Waals surface area contributed by atoms with Crippen molar-refractivity contribution in [2.75, 3.05) is 19.6 Å². The van der Waals surface area contributed by atoms with Gasteiger partial charge in [-0.15, -0.1) is 0 Å². The van der Waals surface area contributed by atoms with Crippen molar-refractivity contribution in [3.63, 3.8) is 0 Å². The number of carbonyl (C=O) groups is 1. The number of likely N-dealkylation sites (N-methyl/N-ethyl adjacent to an activating group) is 1. The zero-order valence-corrected chi connectivity index (χ0v) is 21.6. The number of hydrogen-bond acceptors (Lipinski definition) is 3. The van der Waals surface area contributed by atoms with Gasteiger partial charge < -0.3 is 9.47 Å². The number of imidazole rings is 2. The van der Waals surface area contributed by atoms with Gasteiger partial charge in [-0.3, -0.25) is 9.20 Å². The van der Waals surface area contributed by atoms with Crippen LogP contribution in [0.5, 0.6) is 0 Å². The lowest BCUT2D eigenvalue weighted by molar-refractivity contribution is 0.104. The van der Waals surface area contributed by atoms with Crippen molar-refractivity contribution in [1.82, 2.24) is 18.9 Å². The van der Waals surface area contributed by atoms with E-state index in [0.717, 1.165) is 54.1 Å². The highest BCUT2D eigenvalue weighted by atomic mass is 35.5. The molecule has 7 heteroatoms. The number of ketones is 1. The van der Waals surface area contributed by atoms with E-state index in [1.807, 2.05) is 34.7 Å². The summed E-state index contributed by atoms with van der Waals surface area (Å²) in [5.74, 6) is 0.216. The Kier molecular flexibility index (Phi) is 7.22. The van der Waals surface area contributed by atoms with Crippen molar-refractivity contribution in [2.24, 2.45) is 0 Å². The van der Waals surface area contributed by atoms with Crippen LogP contribution in [0.3, 0.4) is 0 Å². The number of benzene rings is 3. The van der Waals surface area contributed by atoms with Crippen molar-refractivity contribution in [2.45, 2.75) is 20.4 Å². The van der Waals surface area contributed by atoms with E-state index in [4.69, 9.17) is 16.6 Å². The molecule has 0 fully saturated rings. The normalized spacial score (nSPS) is 11.9. The molecule has 37 heavy (non-hydrogen) atoms. The second kappa shape index (κ2) is 10.7. The van der Waals surface area contributed by atoms with Crippen LogP contribution in [0, 0.1) is 5.82 Å². The van der Waals surface area contributed by atoms with Crippen molar-refractivity contribution in [3.05, 3.63) is 101 Å². The van der Waals surface area contributed by atoms with Crippen molar-refractivity contribution in [3.8, 4) is 11.3 Å². The second-order valence-electron chi connectivity index (χ2n) is 8.87. The molecule has 0 bridgehead atoms. The van der Waals surface area contributed by atoms with Gasteiger partial charge in [-0.2, -0.15) is 0 Å². The summed E-state index contributed by atoms with van der Waals surface area (Å²) in [6.07, 6.45) is 3.23. The molecule has 0 aliphatic heterocycles. The zero-order valence-electron chi connectivity index (χ0n) is 20.9. The van der Waals surface area contributed by atoms with Gasteiger partial charge in [-0.05, 0) is 61.1 Å². The molecule has 0 aliphatic carbocycles. The summed E-state index contributed by atoms with van der Waals surface area (Å²) in [6, 6.07) is 21.5. The average Bonchev–Trinajstić information content (AvgIpc) is 3.45. The molecule has 0 spiro atoms. The van der Waals surface area contributed by atoms with E-state index in [-0.39, 0.29) is 11.6 Å². The van der Waals surface area contributed by atoms with E-state index in [1.54, 1.807) is 30.3 Å². The van der Waals surface area contributed by atoms with Gasteiger partial charge in [0, 0.05) is 23.7 Å². The van der Waals surface area contributed by atoms with E-state index in [9.17, 15) is 9.18 Å². The summed E-state index contributed by atoms with van der Waals surface area (Å²) in [6.45, 7) is 7.87. The van der Waals surface area contributed by atoms with Crippen LogP contribution in [0.25, 0.3) is 34.1 Å². The lowest BCUT2D eigenvalue weighted by atomic mass is 10.1. The summed E-state index contributed by atoms with van der Waals surface area (Å²) in [4.78, 5) is 21.2. The molecule has 2 heterocycles. The van der Waals surface area contributed by atoms with E-state index in [0.29, 0.717) is 16.4 Å². The fourth-order valence-electron chi connectivity index (χ4n) is 4.67. The average molecular weight is 515 g/mol. The summed E-state index contributed by atoms with van der Waals surface area (Å²) >= 11 is 6.15. The minimum Gasteiger partial charge on any atom is -0.308 e. The van der Waals surface area contributed by atoms with Crippen LogP contribution in [0.1, 0.15) is 29.9 Å². The Hall–Kier alpha value is -3.74. The third-order valence-corrected chi connectivity index (χ3v) is 6.95. The van der Waals surface area contributed by atoms with Crippen molar-refractivity contribution >= 4 is 40.3 Å². The molecule has 0 saturated carbocycles. The minimum absolute atomic E-state index is 0.187. The minimum atomic E-state index is -0.316. The van der Waals surface area contributed by atoms with Gasteiger partial charge in [0.15, 0.2) is 0 Å². The quantitative estimate of drug-likeness (QED) is 0.157. The fraction of sp³-hybridized carbons (Fsp3) is 0.200. The highest BCUT2D eigenvalue weighted by Gasteiger charge is 2.24. The highest BCUT2D eigenvalue weighted by Crippen LogP contribution is 2.31. The number of halogens is 2. The number of hydrogen-bond donors (Lipinski definition) is 0. The van der Waals surface area contributed by atoms with Crippen molar-refractivity contribution in [1.29, 1.82) is 0 Å². The highest BCUT2D eigenvalue weighted by molar-refractivity contribution is 6.30. The van der Waals surface area contributed by atoms with Crippen LogP contribution in [-0.4, -0.2) is 44.3 Å². The third-order valence-electron chi connectivity index (χ3n) is 6.70. The van der Waals surface area contributed by atoms with Gasteiger partial charge in [0.2, 0.25) is 11.6 Å². The van der Waals surface area contributed by atoms with E-state index in [2.05, 4.69) is 29.4 Å². The molecule has 0 atom stereocenters. The van der Waals surface area contributed by atoms with Crippen LogP contribution < -0.4 is 0 Å². The molecular formula is C30H28ClFN4O. The first-order valence-corrected chi connectivity index (χ1v) is 12.8. The van der Waals surface area contributed by atoms with Gasteiger partial charge in [0.25, 0.3) is 0 Å². The number of fused-ring (bicyclic) bond motifs is 3. The molecule has 5 rings (SSSR count). The molecule has 5 nitrogen and oxygen atoms in total. The van der Waals surface area contributed by atoms with Crippen LogP contribution in [0.15, 0.2) is 78.9 Å². The fourth-order valence-corrected chi connectivity index (χ4v) is 4.80. The number of aromatic nitrogens is 3. The second-order valence-corrected chi connectivity index (χ2v) is 9.30.